The molecule has 0 aliphatic rings. The lowest BCUT2D eigenvalue weighted by Crippen LogP contribution is -2.00. The molecule has 0 saturated carbocycles. The molecule has 0 atom stereocenters. The summed E-state index contributed by atoms with van der Waals surface area (Å²) in [6, 6.07) is 4.30. The van der Waals surface area contributed by atoms with Crippen molar-refractivity contribution >= 4 is 5.69 Å². The zero-order chi connectivity index (χ0) is 14.5. The number of rotatable bonds is 6. The van der Waals surface area contributed by atoms with Gasteiger partial charge in [0.2, 0.25) is 17.5 Å². The zero-order valence-corrected chi connectivity index (χ0v) is 11.0. The van der Waals surface area contributed by atoms with Crippen molar-refractivity contribution in [3.05, 3.63) is 40.0 Å². The predicted molar refractivity (Wildman–Crippen MR) is 67.6 cm³/mol. The van der Waals surface area contributed by atoms with Crippen LogP contribution in [0.1, 0.15) is 18.6 Å². The standard InChI is InChI=1S/C12H13N3O5/c1-3-18-11-6-9(4-5-10(11)15(16)17)19-7-12-13-8(2)20-14-12/h4-6H,3,7H2,1-2H3. The molecule has 2 rings (SSSR count). The number of hydrogen-bond acceptors (Lipinski definition) is 7. The molecule has 1 aromatic carbocycles. The Labute approximate surface area is 114 Å². The SMILES string of the molecule is CCOc1cc(OCc2noc(C)n2)ccc1[N+](=O)[O-]. The summed E-state index contributed by atoms with van der Waals surface area (Å²) in [5, 5.41) is 14.5. The minimum absolute atomic E-state index is 0.102. The van der Waals surface area contributed by atoms with Crippen molar-refractivity contribution in [1.82, 2.24) is 10.1 Å². The molecule has 0 N–H and O–H groups in total. The van der Waals surface area contributed by atoms with Gasteiger partial charge in [-0.3, -0.25) is 10.1 Å². The smallest absolute Gasteiger partial charge is 0.311 e. The first-order valence-electron chi connectivity index (χ1n) is 5.93. The minimum atomic E-state index is -0.503. The highest BCUT2D eigenvalue weighted by Gasteiger charge is 2.16. The van der Waals surface area contributed by atoms with Gasteiger partial charge in [-0.15, -0.1) is 0 Å². The average Bonchev–Trinajstić information content (AvgIpc) is 2.82. The summed E-state index contributed by atoms with van der Waals surface area (Å²) in [6.07, 6.45) is 0. The molecule has 0 aliphatic heterocycles. The van der Waals surface area contributed by atoms with E-state index in [4.69, 9.17) is 14.0 Å². The molecule has 0 aliphatic carbocycles. The predicted octanol–water partition coefficient (Wildman–Crippen LogP) is 2.26. The second-order valence-electron chi connectivity index (χ2n) is 3.84. The van der Waals surface area contributed by atoms with Crippen molar-refractivity contribution < 1.29 is 18.9 Å². The molecule has 0 unspecified atom stereocenters. The van der Waals surface area contributed by atoms with Crippen LogP contribution < -0.4 is 9.47 Å². The van der Waals surface area contributed by atoms with Crippen LogP contribution in [-0.2, 0) is 6.61 Å². The van der Waals surface area contributed by atoms with Crippen LogP contribution in [0.15, 0.2) is 22.7 Å². The van der Waals surface area contributed by atoms with Crippen molar-refractivity contribution in [2.24, 2.45) is 0 Å². The Balaban J connectivity index is 2.12. The van der Waals surface area contributed by atoms with E-state index in [9.17, 15) is 10.1 Å². The van der Waals surface area contributed by atoms with E-state index in [1.165, 1.54) is 18.2 Å². The monoisotopic (exact) mass is 279 g/mol. The van der Waals surface area contributed by atoms with Gasteiger partial charge >= 0.3 is 5.69 Å². The van der Waals surface area contributed by atoms with Gasteiger partial charge in [-0.05, 0) is 13.0 Å². The molecule has 0 amide bonds. The number of nitro groups is 1. The number of nitrogens with zero attached hydrogens (tertiary/aromatic N) is 3. The molecule has 0 radical (unpaired) electrons. The quantitative estimate of drug-likeness (QED) is 0.590. The second-order valence-corrected chi connectivity index (χ2v) is 3.84. The molecule has 1 aromatic heterocycles. The van der Waals surface area contributed by atoms with Crippen molar-refractivity contribution in [2.45, 2.75) is 20.5 Å². The number of nitro benzene ring substituents is 1. The van der Waals surface area contributed by atoms with Crippen LogP contribution in [0.3, 0.4) is 0 Å². The molecule has 20 heavy (non-hydrogen) atoms. The summed E-state index contributed by atoms with van der Waals surface area (Å²) in [5.74, 6) is 1.45. The fourth-order valence-corrected chi connectivity index (χ4v) is 1.55. The van der Waals surface area contributed by atoms with Crippen molar-refractivity contribution in [3.63, 3.8) is 0 Å². The minimum Gasteiger partial charge on any atom is -0.487 e. The third-order valence-electron chi connectivity index (χ3n) is 2.37. The molecule has 8 heteroatoms. The Morgan fingerprint density at radius 1 is 1.40 bits per heavy atom. The van der Waals surface area contributed by atoms with E-state index < -0.39 is 4.92 Å². The topological polar surface area (TPSA) is 101 Å². The highest BCUT2D eigenvalue weighted by molar-refractivity contribution is 5.50. The van der Waals surface area contributed by atoms with E-state index in [-0.39, 0.29) is 18.0 Å². The first kappa shape index (κ1) is 13.8. The molecule has 0 fully saturated rings. The van der Waals surface area contributed by atoms with Crippen LogP contribution in [0.2, 0.25) is 0 Å². The number of hydrogen-bond donors (Lipinski definition) is 0. The molecule has 0 spiro atoms. The Morgan fingerprint density at radius 2 is 2.20 bits per heavy atom. The van der Waals surface area contributed by atoms with E-state index >= 15 is 0 Å². The van der Waals surface area contributed by atoms with Crippen molar-refractivity contribution in [1.29, 1.82) is 0 Å². The summed E-state index contributed by atoms with van der Waals surface area (Å²) in [5.41, 5.74) is -0.102. The van der Waals surface area contributed by atoms with Gasteiger partial charge in [0.05, 0.1) is 11.5 Å². The fraction of sp³-hybridized carbons (Fsp3) is 0.333. The molecular weight excluding hydrogens is 266 g/mol. The maximum atomic E-state index is 10.8. The van der Waals surface area contributed by atoms with Gasteiger partial charge in [-0.1, -0.05) is 5.16 Å². The van der Waals surface area contributed by atoms with Gasteiger partial charge in [-0.2, -0.15) is 4.98 Å². The molecule has 0 saturated heterocycles. The summed E-state index contributed by atoms with van der Waals surface area (Å²) in [4.78, 5) is 14.3. The highest BCUT2D eigenvalue weighted by atomic mass is 16.6. The van der Waals surface area contributed by atoms with E-state index in [2.05, 4.69) is 10.1 Å². The lowest BCUT2D eigenvalue weighted by Gasteiger charge is -2.07. The van der Waals surface area contributed by atoms with Gasteiger partial charge in [-0.25, -0.2) is 0 Å². The van der Waals surface area contributed by atoms with E-state index in [0.717, 1.165) is 0 Å². The summed E-state index contributed by atoms with van der Waals surface area (Å²) < 4.78 is 15.5. The van der Waals surface area contributed by atoms with E-state index in [0.29, 0.717) is 24.1 Å². The van der Waals surface area contributed by atoms with Gasteiger partial charge in [0, 0.05) is 19.1 Å². The van der Waals surface area contributed by atoms with Crippen molar-refractivity contribution in [2.75, 3.05) is 6.61 Å². The Bertz CT molecular complexity index is 611. The Hall–Kier alpha value is -2.64. The summed E-state index contributed by atoms with van der Waals surface area (Å²) in [6.45, 7) is 3.87. The van der Waals surface area contributed by atoms with Gasteiger partial charge in [0.25, 0.3) is 0 Å². The highest BCUT2D eigenvalue weighted by Crippen LogP contribution is 2.31. The third-order valence-corrected chi connectivity index (χ3v) is 2.37. The first-order valence-corrected chi connectivity index (χ1v) is 5.93. The van der Waals surface area contributed by atoms with E-state index in [1.54, 1.807) is 13.8 Å². The van der Waals surface area contributed by atoms with Gasteiger partial charge < -0.3 is 14.0 Å². The van der Waals surface area contributed by atoms with Crippen LogP contribution in [0.25, 0.3) is 0 Å². The lowest BCUT2D eigenvalue weighted by molar-refractivity contribution is -0.385. The van der Waals surface area contributed by atoms with Crippen LogP contribution in [0.5, 0.6) is 11.5 Å². The normalized spacial score (nSPS) is 10.3. The molecular formula is C12H13N3O5. The Morgan fingerprint density at radius 3 is 2.80 bits per heavy atom. The fourth-order valence-electron chi connectivity index (χ4n) is 1.55. The number of ether oxygens (including phenoxy) is 2. The second kappa shape index (κ2) is 6.00. The van der Waals surface area contributed by atoms with Crippen LogP contribution in [0.4, 0.5) is 5.69 Å². The van der Waals surface area contributed by atoms with Gasteiger partial charge in [0.1, 0.15) is 5.75 Å². The average molecular weight is 279 g/mol. The zero-order valence-electron chi connectivity index (χ0n) is 11.0. The number of aromatic nitrogens is 2. The Kier molecular flexibility index (Phi) is 4.14. The van der Waals surface area contributed by atoms with Crippen LogP contribution in [-0.4, -0.2) is 21.7 Å². The number of benzene rings is 1. The maximum Gasteiger partial charge on any atom is 0.311 e. The molecule has 2 aromatic rings. The molecule has 106 valence electrons. The largest absolute Gasteiger partial charge is 0.487 e. The molecule has 0 bridgehead atoms. The van der Waals surface area contributed by atoms with Crippen LogP contribution >= 0.6 is 0 Å². The maximum absolute atomic E-state index is 10.8. The van der Waals surface area contributed by atoms with Gasteiger partial charge in [0.15, 0.2) is 6.61 Å². The lowest BCUT2D eigenvalue weighted by atomic mass is 10.3. The molecule has 8 nitrogen and oxygen atoms in total. The summed E-state index contributed by atoms with van der Waals surface area (Å²) in [7, 11) is 0. The summed E-state index contributed by atoms with van der Waals surface area (Å²) >= 11 is 0. The van der Waals surface area contributed by atoms with Crippen molar-refractivity contribution in [3.8, 4) is 11.5 Å². The van der Waals surface area contributed by atoms with Crippen LogP contribution in [0, 0.1) is 17.0 Å². The number of aryl methyl sites for hydroxylation is 1. The first-order chi connectivity index (χ1) is 9.60. The third kappa shape index (κ3) is 3.22. The molecule has 1 heterocycles. The van der Waals surface area contributed by atoms with E-state index in [1.807, 2.05) is 0 Å².